The molecule has 0 aliphatic heterocycles. The van der Waals surface area contributed by atoms with Crippen LogP contribution in [-0.4, -0.2) is 4.98 Å². The minimum Gasteiger partial charge on any atom is -0.380 e. The number of hydrogen-bond donors (Lipinski definition) is 1. The summed E-state index contributed by atoms with van der Waals surface area (Å²) in [7, 11) is 0. The molecule has 0 spiro atoms. The third kappa shape index (κ3) is 2.75. The first-order chi connectivity index (χ1) is 10.1. The Balaban J connectivity index is 1.89. The molecular formula is C19H20N2. The lowest BCUT2D eigenvalue weighted by Crippen LogP contribution is -2.03. The van der Waals surface area contributed by atoms with Crippen LogP contribution in [0.15, 0.2) is 48.7 Å². The Kier molecular flexibility index (Phi) is 3.61. The van der Waals surface area contributed by atoms with E-state index in [1.165, 1.54) is 27.6 Å². The highest BCUT2D eigenvalue weighted by Gasteiger charge is 2.04. The van der Waals surface area contributed by atoms with Crippen molar-refractivity contribution in [1.29, 1.82) is 0 Å². The van der Waals surface area contributed by atoms with Gasteiger partial charge in [0.25, 0.3) is 0 Å². The van der Waals surface area contributed by atoms with Crippen molar-refractivity contribution in [2.45, 2.75) is 27.3 Å². The maximum absolute atomic E-state index is 4.40. The summed E-state index contributed by atoms with van der Waals surface area (Å²) < 4.78 is 0. The molecule has 1 N–H and O–H groups in total. The van der Waals surface area contributed by atoms with E-state index in [0.29, 0.717) is 0 Å². The van der Waals surface area contributed by atoms with Gasteiger partial charge in [-0.2, -0.15) is 0 Å². The van der Waals surface area contributed by atoms with E-state index in [9.17, 15) is 0 Å². The maximum atomic E-state index is 4.40. The van der Waals surface area contributed by atoms with Gasteiger partial charge in [-0.3, -0.25) is 4.98 Å². The van der Waals surface area contributed by atoms with Gasteiger partial charge in [0, 0.05) is 23.8 Å². The second kappa shape index (κ2) is 5.57. The van der Waals surface area contributed by atoms with Gasteiger partial charge in [-0.05, 0) is 67.3 Å². The molecule has 21 heavy (non-hydrogen) atoms. The van der Waals surface area contributed by atoms with E-state index in [1.807, 2.05) is 24.4 Å². The second-order valence-corrected chi connectivity index (χ2v) is 5.59. The molecule has 2 heteroatoms. The van der Waals surface area contributed by atoms with Crippen molar-refractivity contribution >= 4 is 16.6 Å². The molecule has 0 aliphatic rings. The predicted molar refractivity (Wildman–Crippen MR) is 89.7 cm³/mol. The Hall–Kier alpha value is -2.35. The fraction of sp³-hybridized carbons (Fsp3) is 0.211. The van der Waals surface area contributed by atoms with E-state index < -0.39 is 0 Å². The average Bonchev–Trinajstić information content (AvgIpc) is 2.49. The molecule has 106 valence electrons. The van der Waals surface area contributed by atoms with Crippen molar-refractivity contribution in [3.63, 3.8) is 0 Å². The Morgan fingerprint density at radius 2 is 1.71 bits per heavy atom. The lowest BCUT2D eigenvalue weighted by Gasteiger charge is -2.13. The average molecular weight is 276 g/mol. The Morgan fingerprint density at radius 3 is 2.57 bits per heavy atom. The van der Waals surface area contributed by atoms with Gasteiger partial charge in [0.2, 0.25) is 0 Å². The summed E-state index contributed by atoms with van der Waals surface area (Å²) in [6.45, 7) is 7.34. The lowest BCUT2D eigenvalue weighted by atomic mass is 10.0. The Labute approximate surface area is 125 Å². The fourth-order valence-electron chi connectivity index (χ4n) is 2.66. The summed E-state index contributed by atoms with van der Waals surface area (Å²) in [5, 5.41) is 4.72. The summed E-state index contributed by atoms with van der Waals surface area (Å²) in [4.78, 5) is 4.40. The molecule has 0 fully saturated rings. The van der Waals surface area contributed by atoms with Crippen molar-refractivity contribution in [1.82, 2.24) is 4.98 Å². The quantitative estimate of drug-likeness (QED) is 0.745. The minimum absolute atomic E-state index is 0.834. The molecule has 2 aromatic carbocycles. The van der Waals surface area contributed by atoms with Gasteiger partial charge in [0.15, 0.2) is 0 Å². The fourth-order valence-corrected chi connectivity index (χ4v) is 2.66. The molecule has 0 saturated heterocycles. The number of anilines is 1. The van der Waals surface area contributed by atoms with E-state index in [1.54, 1.807) is 0 Å². The van der Waals surface area contributed by atoms with Gasteiger partial charge >= 0.3 is 0 Å². The van der Waals surface area contributed by atoms with Gasteiger partial charge < -0.3 is 5.32 Å². The molecule has 0 unspecified atom stereocenters. The number of pyridine rings is 1. The number of nitrogens with zero attached hydrogens (tertiary/aromatic N) is 1. The number of aryl methyl sites for hydroxylation is 3. The molecule has 1 heterocycles. The molecular weight excluding hydrogens is 256 g/mol. The zero-order chi connectivity index (χ0) is 14.8. The molecule has 0 atom stereocenters. The highest BCUT2D eigenvalue weighted by Crippen LogP contribution is 2.23. The van der Waals surface area contributed by atoms with Crippen LogP contribution in [0, 0.1) is 20.8 Å². The monoisotopic (exact) mass is 276 g/mol. The van der Waals surface area contributed by atoms with Crippen LogP contribution >= 0.6 is 0 Å². The van der Waals surface area contributed by atoms with Crippen molar-refractivity contribution in [2.75, 3.05) is 5.32 Å². The van der Waals surface area contributed by atoms with Crippen LogP contribution in [-0.2, 0) is 6.54 Å². The first-order valence-electron chi connectivity index (χ1n) is 7.29. The van der Waals surface area contributed by atoms with Crippen molar-refractivity contribution in [3.8, 4) is 0 Å². The van der Waals surface area contributed by atoms with Crippen LogP contribution in [0.5, 0.6) is 0 Å². The topological polar surface area (TPSA) is 24.9 Å². The number of benzene rings is 2. The highest BCUT2D eigenvalue weighted by molar-refractivity contribution is 5.91. The van der Waals surface area contributed by atoms with E-state index in [-0.39, 0.29) is 0 Å². The smallest absolute Gasteiger partial charge is 0.0722 e. The SMILES string of the molecule is Cc1cc(C)c(CNc2cccc3ncccc23)cc1C. The zero-order valence-corrected chi connectivity index (χ0v) is 12.8. The zero-order valence-electron chi connectivity index (χ0n) is 12.8. The molecule has 3 rings (SSSR count). The van der Waals surface area contributed by atoms with Crippen LogP contribution in [0.3, 0.4) is 0 Å². The largest absolute Gasteiger partial charge is 0.380 e. The van der Waals surface area contributed by atoms with Crippen molar-refractivity contribution in [3.05, 3.63) is 70.9 Å². The molecule has 1 aromatic heterocycles. The first kappa shape index (κ1) is 13.6. The van der Waals surface area contributed by atoms with Crippen molar-refractivity contribution < 1.29 is 0 Å². The maximum Gasteiger partial charge on any atom is 0.0722 e. The van der Waals surface area contributed by atoms with Crippen LogP contribution in [0.4, 0.5) is 5.69 Å². The Morgan fingerprint density at radius 1 is 0.905 bits per heavy atom. The second-order valence-electron chi connectivity index (χ2n) is 5.59. The molecule has 0 bridgehead atoms. The van der Waals surface area contributed by atoms with Crippen LogP contribution in [0.2, 0.25) is 0 Å². The van der Waals surface area contributed by atoms with Gasteiger partial charge in [0.05, 0.1) is 5.52 Å². The highest BCUT2D eigenvalue weighted by atomic mass is 14.9. The van der Waals surface area contributed by atoms with E-state index >= 15 is 0 Å². The number of rotatable bonds is 3. The number of aromatic nitrogens is 1. The normalized spacial score (nSPS) is 10.8. The first-order valence-corrected chi connectivity index (χ1v) is 7.29. The molecule has 0 saturated carbocycles. The van der Waals surface area contributed by atoms with Crippen LogP contribution in [0.1, 0.15) is 22.3 Å². The van der Waals surface area contributed by atoms with Crippen LogP contribution < -0.4 is 5.32 Å². The molecule has 3 aromatic rings. The predicted octanol–water partition coefficient (Wildman–Crippen LogP) is 4.77. The molecule has 0 aliphatic carbocycles. The van der Waals surface area contributed by atoms with Gasteiger partial charge in [-0.15, -0.1) is 0 Å². The molecule has 0 radical (unpaired) electrons. The standard InChI is InChI=1S/C19H20N2/c1-13-10-15(3)16(11-14(13)2)12-21-19-8-4-7-18-17(19)6-5-9-20-18/h4-11,21H,12H2,1-3H3. The van der Waals surface area contributed by atoms with E-state index in [4.69, 9.17) is 0 Å². The van der Waals surface area contributed by atoms with Gasteiger partial charge in [-0.25, -0.2) is 0 Å². The summed E-state index contributed by atoms with van der Waals surface area (Å²) >= 11 is 0. The number of fused-ring (bicyclic) bond motifs is 1. The molecule has 2 nitrogen and oxygen atoms in total. The number of hydrogen-bond acceptors (Lipinski definition) is 2. The summed E-state index contributed by atoms with van der Waals surface area (Å²) in [5.74, 6) is 0. The van der Waals surface area contributed by atoms with E-state index in [2.05, 4.69) is 55.3 Å². The Bertz CT molecular complexity index is 785. The lowest BCUT2D eigenvalue weighted by molar-refractivity contribution is 1.10. The van der Waals surface area contributed by atoms with Crippen molar-refractivity contribution in [2.24, 2.45) is 0 Å². The van der Waals surface area contributed by atoms with Gasteiger partial charge in [0.1, 0.15) is 0 Å². The minimum atomic E-state index is 0.834. The third-order valence-electron chi connectivity index (χ3n) is 4.07. The molecule has 0 amide bonds. The van der Waals surface area contributed by atoms with Crippen LogP contribution in [0.25, 0.3) is 10.9 Å². The summed E-state index contributed by atoms with van der Waals surface area (Å²) in [6.07, 6.45) is 1.83. The van der Waals surface area contributed by atoms with E-state index in [0.717, 1.165) is 17.7 Å². The summed E-state index contributed by atoms with van der Waals surface area (Å²) in [6, 6.07) is 14.8. The van der Waals surface area contributed by atoms with Gasteiger partial charge in [-0.1, -0.05) is 18.2 Å². The third-order valence-corrected chi connectivity index (χ3v) is 4.07. The summed E-state index contributed by atoms with van der Waals surface area (Å²) in [5.41, 5.74) is 7.54. The number of nitrogens with one attached hydrogen (secondary N) is 1.